The molecule has 0 unspecified atom stereocenters. The van der Waals surface area contributed by atoms with E-state index in [9.17, 15) is 18.0 Å². The maximum Gasteiger partial charge on any atom is 0.264 e. The first kappa shape index (κ1) is 35.4. The van der Waals surface area contributed by atoms with Gasteiger partial charge in [0.2, 0.25) is 11.8 Å². The molecule has 49 heavy (non-hydrogen) atoms. The minimum Gasteiger partial charge on any atom is -0.457 e. The van der Waals surface area contributed by atoms with Gasteiger partial charge in [0, 0.05) is 24.0 Å². The normalized spacial score (nSPS) is 11.7. The molecule has 0 aromatic heterocycles. The maximum atomic E-state index is 14.6. The van der Waals surface area contributed by atoms with E-state index < -0.39 is 28.5 Å². The lowest BCUT2D eigenvalue weighted by atomic mass is 10.0. The number of para-hydroxylation sites is 1. The smallest absolute Gasteiger partial charge is 0.264 e. The number of amides is 2. The van der Waals surface area contributed by atoms with Gasteiger partial charge in [0.05, 0.1) is 10.6 Å². The van der Waals surface area contributed by atoms with Crippen molar-refractivity contribution in [3.63, 3.8) is 0 Å². The van der Waals surface area contributed by atoms with E-state index in [1.165, 1.54) is 17.0 Å². The highest BCUT2D eigenvalue weighted by Gasteiger charge is 2.34. The van der Waals surface area contributed by atoms with Crippen LogP contribution in [0, 0.1) is 6.92 Å². The molecule has 0 saturated carbocycles. The molecule has 0 saturated heterocycles. The number of rotatable bonds is 14. The Morgan fingerprint density at radius 2 is 1.35 bits per heavy atom. The lowest BCUT2D eigenvalue weighted by Crippen LogP contribution is -2.53. The van der Waals surface area contributed by atoms with Crippen LogP contribution in [-0.2, 0) is 32.6 Å². The number of benzene rings is 5. The summed E-state index contributed by atoms with van der Waals surface area (Å²) in [6, 6.07) is 38.3. The number of aryl methyl sites for hydroxylation is 1. The van der Waals surface area contributed by atoms with Crippen molar-refractivity contribution in [3.8, 4) is 11.5 Å². The number of carbonyl (C=O) groups is 2. The summed E-state index contributed by atoms with van der Waals surface area (Å²) in [5, 5.41) is 2.88. The molecule has 252 valence electrons. The molecule has 0 aliphatic rings. The van der Waals surface area contributed by atoms with Crippen molar-refractivity contribution >= 4 is 43.5 Å². The van der Waals surface area contributed by atoms with Gasteiger partial charge in [-0.2, -0.15) is 0 Å². The molecule has 2 amide bonds. The molecular formula is C39H38BrN3O5S. The fourth-order valence-electron chi connectivity index (χ4n) is 5.30. The van der Waals surface area contributed by atoms with Crippen LogP contribution in [0.2, 0.25) is 0 Å². The summed E-state index contributed by atoms with van der Waals surface area (Å²) >= 11 is 3.46. The molecule has 0 aliphatic heterocycles. The number of nitrogens with one attached hydrogen (secondary N) is 1. The molecule has 0 bridgehead atoms. The molecule has 0 heterocycles. The van der Waals surface area contributed by atoms with E-state index in [1.54, 1.807) is 36.4 Å². The topological polar surface area (TPSA) is 96.0 Å². The number of anilines is 1. The summed E-state index contributed by atoms with van der Waals surface area (Å²) < 4.78 is 36.5. The van der Waals surface area contributed by atoms with E-state index in [-0.39, 0.29) is 29.5 Å². The summed E-state index contributed by atoms with van der Waals surface area (Å²) in [4.78, 5) is 29.8. The van der Waals surface area contributed by atoms with Crippen LogP contribution < -0.4 is 14.4 Å². The lowest BCUT2D eigenvalue weighted by molar-refractivity contribution is -0.140. The van der Waals surface area contributed by atoms with Gasteiger partial charge in [0.25, 0.3) is 10.0 Å². The zero-order valence-electron chi connectivity index (χ0n) is 27.3. The van der Waals surface area contributed by atoms with Gasteiger partial charge in [-0.15, -0.1) is 0 Å². The molecule has 10 heteroatoms. The first-order chi connectivity index (χ1) is 23.6. The van der Waals surface area contributed by atoms with Crippen molar-refractivity contribution < 1.29 is 22.7 Å². The minimum absolute atomic E-state index is 0.0412. The van der Waals surface area contributed by atoms with Crippen molar-refractivity contribution in [2.75, 3.05) is 17.4 Å². The van der Waals surface area contributed by atoms with Gasteiger partial charge in [-0.3, -0.25) is 13.9 Å². The van der Waals surface area contributed by atoms with E-state index in [4.69, 9.17) is 4.74 Å². The Balaban J connectivity index is 1.54. The first-order valence-electron chi connectivity index (χ1n) is 15.9. The lowest BCUT2D eigenvalue weighted by Gasteiger charge is -2.34. The average Bonchev–Trinajstić information content (AvgIpc) is 3.11. The fourth-order valence-corrected chi connectivity index (χ4v) is 6.98. The maximum absolute atomic E-state index is 14.6. The van der Waals surface area contributed by atoms with Gasteiger partial charge < -0.3 is 15.0 Å². The zero-order valence-corrected chi connectivity index (χ0v) is 29.7. The van der Waals surface area contributed by atoms with Crippen LogP contribution in [0.25, 0.3) is 0 Å². The molecule has 0 fully saturated rings. The third-order valence-electron chi connectivity index (χ3n) is 7.88. The van der Waals surface area contributed by atoms with Gasteiger partial charge in [0.1, 0.15) is 24.1 Å². The van der Waals surface area contributed by atoms with E-state index in [1.807, 2.05) is 98.8 Å². The molecular weight excluding hydrogens is 702 g/mol. The summed E-state index contributed by atoms with van der Waals surface area (Å²) in [7, 11) is -4.23. The Morgan fingerprint density at radius 1 is 0.755 bits per heavy atom. The predicted molar refractivity (Wildman–Crippen MR) is 196 cm³/mol. The Bertz CT molecular complexity index is 1940. The average molecular weight is 741 g/mol. The van der Waals surface area contributed by atoms with Crippen molar-refractivity contribution in [2.45, 2.75) is 37.8 Å². The highest BCUT2D eigenvalue weighted by Crippen LogP contribution is 2.29. The summed E-state index contributed by atoms with van der Waals surface area (Å²) in [5.74, 6) is 0.278. The molecule has 1 N–H and O–H groups in total. The van der Waals surface area contributed by atoms with Gasteiger partial charge >= 0.3 is 0 Å². The number of halogens is 1. The Morgan fingerprint density at radius 3 is 1.96 bits per heavy atom. The largest absolute Gasteiger partial charge is 0.457 e. The van der Waals surface area contributed by atoms with Gasteiger partial charge in [-0.25, -0.2) is 8.42 Å². The van der Waals surface area contributed by atoms with Crippen LogP contribution in [0.15, 0.2) is 143 Å². The highest BCUT2D eigenvalue weighted by atomic mass is 79.9. The quantitative estimate of drug-likeness (QED) is 0.127. The van der Waals surface area contributed by atoms with Crippen molar-refractivity contribution in [1.82, 2.24) is 10.2 Å². The summed E-state index contributed by atoms with van der Waals surface area (Å²) in [6.45, 7) is 3.60. The second kappa shape index (κ2) is 16.5. The summed E-state index contributed by atoms with van der Waals surface area (Å²) in [6.07, 6.45) is 0.241. The number of nitrogens with zero attached hydrogens (tertiary/aromatic N) is 2. The number of hydrogen-bond donors (Lipinski definition) is 1. The van der Waals surface area contributed by atoms with Crippen LogP contribution in [-0.4, -0.2) is 44.3 Å². The van der Waals surface area contributed by atoms with Gasteiger partial charge in [0.15, 0.2) is 0 Å². The van der Waals surface area contributed by atoms with Crippen molar-refractivity contribution in [2.24, 2.45) is 0 Å². The van der Waals surface area contributed by atoms with Crippen LogP contribution >= 0.6 is 15.9 Å². The zero-order chi connectivity index (χ0) is 34.8. The Labute approximate surface area is 296 Å². The third kappa shape index (κ3) is 9.37. The number of hydrogen-bond acceptors (Lipinski definition) is 5. The molecule has 1 atom stereocenters. The third-order valence-corrected chi connectivity index (χ3v) is 10.2. The van der Waals surface area contributed by atoms with Crippen LogP contribution in [0.3, 0.4) is 0 Å². The molecule has 5 aromatic rings. The monoisotopic (exact) mass is 739 g/mol. The van der Waals surface area contributed by atoms with Crippen molar-refractivity contribution in [3.05, 3.63) is 155 Å². The molecule has 0 radical (unpaired) electrons. The molecule has 5 aromatic carbocycles. The van der Waals surface area contributed by atoms with E-state index in [0.29, 0.717) is 18.0 Å². The molecule has 8 nitrogen and oxygen atoms in total. The minimum atomic E-state index is -4.23. The van der Waals surface area contributed by atoms with Crippen LogP contribution in [0.1, 0.15) is 23.6 Å². The van der Waals surface area contributed by atoms with Crippen LogP contribution in [0.4, 0.5) is 5.69 Å². The Hall–Kier alpha value is -4.93. The van der Waals surface area contributed by atoms with Crippen LogP contribution in [0.5, 0.6) is 11.5 Å². The second-order valence-electron chi connectivity index (χ2n) is 11.5. The highest BCUT2D eigenvalue weighted by molar-refractivity contribution is 9.10. The van der Waals surface area contributed by atoms with E-state index in [0.717, 1.165) is 25.5 Å². The van der Waals surface area contributed by atoms with Gasteiger partial charge in [-0.05, 0) is 85.6 Å². The standard InChI is InChI=1S/C39H38BrN3O5S/c1-3-41-39(45)37(26-30-10-6-4-7-11-30)42(27-31-16-18-32(40)19-17-31)38(44)28-43(49(46,47)36-24-14-29(2)15-25-36)33-20-22-35(23-21-33)48-34-12-8-5-9-13-34/h4-25,37H,3,26-28H2,1-2H3,(H,41,45)/t37-/m0/s1. The van der Waals surface area contributed by atoms with Crippen molar-refractivity contribution in [1.29, 1.82) is 0 Å². The predicted octanol–water partition coefficient (Wildman–Crippen LogP) is 7.52. The first-order valence-corrected chi connectivity index (χ1v) is 18.2. The SMILES string of the molecule is CCNC(=O)[C@H](Cc1ccccc1)N(Cc1ccc(Br)cc1)C(=O)CN(c1ccc(Oc2ccccc2)cc1)S(=O)(=O)c1ccc(C)cc1. The molecule has 0 aliphatic carbocycles. The number of ether oxygens (including phenoxy) is 1. The second-order valence-corrected chi connectivity index (χ2v) is 14.3. The molecule has 5 rings (SSSR count). The number of likely N-dealkylation sites (N-methyl/N-ethyl adjacent to an activating group) is 1. The van der Waals surface area contributed by atoms with E-state index in [2.05, 4.69) is 21.2 Å². The van der Waals surface area contributed by atoms with Gasteiger partial charge in [-0.1, -0.05) is 94.3 Å². The van der Waals surface area contributed by atoms with E-state index >= 15 is 0 Å². The Kier molecular flexibility index (Phi) is 11.9. The summed E-state index contributed by atoms with van der Waals surface area (Å²) in [5.41, 5.74) is 2.82. The number of sulfonamides is 1. The number of carbonyl (C=O) groups excluding carboxylic acids is 2. The fraction of sp³-hybridized carbons (Fsp3) is 0.179. The molecule has 0 spiro atoms.